The van der Waals surface area contributed by atoms with E-state index in [1.807, 2.05) is 30.3 Å². The van der Waals surface area contributed by atoms with Crippen molar-refractivity contribution in [1.82, 2.24) is 5.43 Å². The summed E-state index contributed by atoms with van der Waals surface area (Å²) in [6.45, 7) is -0.102. The van der Waals surface area contributed by atoms with Gasteiger partial charge in [-0.2, -0.15) is 5.10 Å². The Morgan fingerprint density at radius 2 is 1.60 bits per heavy atom. The third kappa shape index (κ3) is 7.32. The zero-order valence-electron chi connectivity index (χ0n) is 23.2. The van der Waals surface area contributed by atoms with E-state index >= 15 is 0 Å². The number of nitrogens with one attached hydrogen (secondary N) is 1. The highest BCUT2D eigenvalue weighted by Crippen LogP contribution is 2.32. The van der Waals surface area contributed by atoms with Crippen molar-refractivity contribution < 1.29 is 22.7 Å². The van der Waals surface area contributed by atoms with Gasteiger partial charge in [-0.15, -0.1) is 0 Å². The Kier molecular flexibility index (Phi) is 9.24. The molecule has 218 valence electrons. The highest BCUT2D eigenvalue weighted by atomic mass is 35.5. The maximum Gasteiger partial charge on any atom is 0.264 e. The molecular weight excluding hydrogens is 586 g/mol. The SMILES string of the molecule is COc1ccc(N(CC(=O)N/N=C/c2ccc(OCc3ccc4ccccc4c3)cc2)S(=O)(=O)c2ccccc2)cc1Cl. The number of methoxy groups -OCH3 is 1. The maximum absolute atomic E-state index is 13.5. The molecule has 0 saturated heterocycles. The molecule has 43 heavy (non-hydrogen) atoms. The first-order valence-electron chi connectivity index (χ1n) is 13.3. The van der Waals surface area contributed by atoms with E-state index in [9.17, 15) is 13.2 Å². The van der Waals surface area contributed by atoms with Crippen molar-refractivity contribution >= 4 is 50.2 Å². The Morgan fingerprint density at radius 3 is 2.33 bits per heavy atom. The van der Waals surface area contributed by atoms with Crippen LogP contribution in [-0.4, -0.2) is 34.2 Å². The number of hydrazone groups is 1. The molecule has 0 radical (unpaired) electrons. The van der Waals surface area contributed by atoms with Gasteiger partial charge in [-0.05, 0) is 82.6 Å². The van der Waals surface area contributed by atoms with Gasteiger partial charge in [0, 0.05) is 0 Å². The molecule has 1 N–H and O–H groups in total. The van der Waals surface area contributed by atoms with Crippen LogP contribution in [0.2, 0.25) is 5.02 Å². The summed E-state index contributed by atoms with van der Waals surface area (Å²) in [4.78, 5) is 12.9. The van der Waals surface area contributed by atoms with Gasteiger partial charge in [-0.3, -0.25) is 9.10 Å². The number of rotatable bonds is 11. The van der Waals surface area contributed by atoms with Gasteiger partial charge in [0.1, 0.15) is 24.7 Å². The van der Waals surface area contributed by atoms with E-state index in [4.69, 9.17) is 21.1 Å². The lowest BCUT2D eigenvalue weighted by molar-refractivity contribution is -0.119. The van der Waals surface area contributed by atoms with Gasteiger partial charge in [0.2, 0.25) is 0 Å². The van der Waals surface area contributed by atoms with E-state index in [0.29, 0.717) is 23.7 Å². The van der Waals surface area contributed by atoms with Crippen molar-refractivity contribution in [2.24, 2.45) is 5.10 Å². The summed E-state index contributed by atoms with van der Waals surface area (Å²) in [5.41, 5.74) is 4.38. The predicted octanol–water partition coefficient (Wildman–Crippen LogP) is 6.43. The molecule has 0 aliphatic rings. The summed E-state index contributed by atoms with van der Waals surface area (Å²) in [5.74, 6) is 0.425. The van der Waals surface area contributed by atoms with Crippen LogP contribution in [-0.2, 0) is 21.4 Å². The molecule has 5 aromatic carbocycles. The van der Waals surface area contributed by atoms with Gasteiger partial charge >= 0.3 is 0 Å². The largest absolute Gasteiger partial charge is 0.495 e. The molecule has 0 unspecified atom stereocenters. The number of carbonyl (C=O) groups is 1. The van der Waals surface area contributed by atoms with Crippen LogP contribution in [0.3, 0.4) is 0 Å². The quantitative estimate of drug-likeness (QED) is 0.137. The van der Waals surface area contributed by atoms with E-state index in [0.717, 1.165) is 15.3 Å². The summed E-state index contributed by atoms with van der Waals surface area (Å²) in [5, 5.41) is 6.55. The van der Waals surface area contributed by atoms with Crippen LogP contribution in [0.25, 0.3) is 10.8 Å². The van der Waals surface area contributed by atoms with E-state index < -0.39 is 22.5 Å². The molecule has 8 nitrogen and oxygen atoms in total. The molecular formula is C33H28ClN3O5S. The molecule has 0 atom stereocenters. The fourth-order valence-electron chi connectivity index (χ4n) is 4.34. The van der Waals surface area contributed by atoms with Crippen molar-refractivity contribution in [3.8, 4) is 11.5 Å². The van der Waals surface area contributed by atoms with Crippen LogP contribution >= 0.6 is 11.6 Å². The molecule has 10 heteroatoms. The smallest absolute Gasteiger partial charge is 0.264 e. The lowest BCUT2D eigenvalue weighted by Crippen LogP contribution is -2.39. The highest BCUT2D eigenvalue weighted by molar-refractivity contribution is 7.92. The summed E-state index contributed by atoms with van der Waals surface area (Å²) in [6, 6.07) is 33.9. The summed E-state index contributed by atoms with van der Waals surface area (Å²) < 4.78 is 39.0. The van der Waals surface area contributed by atoms with Crippen molar-refractivity contribution in [2.45, 2.75) is 11.5 Å². The molecule has 0 spiro atoms. The van der Waals surface area contributed by atoms with Crippen molar-refractivity contribution in [1.29, 1.82) is 0 Å². The fourth-order valence-corrected chi connectivity index (χ4v) is 6.02. The molecule has 0 fully saturated rings. The second-order valence-electron chi connectivity index (χ2n) is 9.48. The number of amides is 1. The number of carbonyl (C=O) groups excluding carboxylic acids is 1. The van der Waals surface area contributed by atoms with Gasteiger partial charge in [0.25, 0.3) is 15.9 Å². The summed E-state index contributed by atoms with van der Waals surface area (Å²) in [6.07, 6.45) is 1.46. The molecule has 0 heterocycles. The Balaban J connectivity index is 1.22. The number of hydrogen-bond acceptors (Lipinski definition) is 6. The first kappa shape index (κ1) is 29.6. The second kappa shape index (κ2) is 13.4. The van der Waals surface area contributed by atoms with Crippen LogP contribution in [0.1, 0.15) is 11.1 Å². The highest BCUT2D eigenvalue weighted by Gasteiger charge is 2.27. The van der Waals surface area contributed by atoms with Crippen LogP contribution in [0.15, 0.2) is 125 Å². The summed E-state index contributed by atoms with van der Waals surface area (Å²) >= 11 is 6.26. The number of halogens is 1. The molecule has 5 aromatic rings. The van der Waals surface area contributed by atoms with Crippen LogP contribution in [0.5, 0.6) is 11.5 Å². The average molecular weight is 614 g/mol. The van der Waals surface area contributed by atoms with Crippen LogP contribution < -0.4 is 19.2 Å². The monoisotopic (exact) mass is 613 g/mol. The number of hydrogen-bond donors (Lipinski definition) is 1. The molecule has 1 amide bonds. The molecule has 0 aliphatic heterocycles. The summed E-state index contributed by atoms with van der Waals surface area (Å²) in [7, 11) is -2.64. The molecule has 0 aromatic heterocycles. The van der Waals surface area contributed by atoms with Gasteiger partial charge in [-0.25, -0.2) is 13.8 Å². The van der Waals surface area contributed by atoms with Crippen molar-refractivity contribution in [2.75, 3.05) is 18.0 Å². The van der Waals surface area contributed by atoms with E-state index in [2.05, 4.69) is 34.8 Å². The zero-order valence-corrected chi connectivity index (χ0v) is 24.8. The van der Waals surface area contributed by atoms with Gasteiger partial charge in [-0.1, -0.05) is 66.2 Å². The Hall–Kier alpha value is -4.86. The maximum atomic E-state index is 13.5. The Morgan fingerprint density at radius 1 is 0.884 bits per heavy atom. The number of anilines is 1. The van der Waals surface area contributed by atoms with Gasteiger partial charge in [0.05, 0.1) is 28.9 Å². The van der Waals surface area contributed by atoms with Crippen LogP contribution in [0, 0.1) is 0 Å². The lowest BCUT2D eigenvalue weighted by Gasteiger charge is -2.24. The van der Waals surface area contributed by atoms with Crippen molar-refractivity contribution in [3.63, 3.8) is 0 Å². The third-order valence-corrected chi connectivity index (χ3v) is 8.63. The molecule has 0 bridgehead atoms. The molecule has 0 saturated carbocycles. The number of benzene rings is 5. The third-order valence-electron chi connectivity index (χ3n) is 6.54. The minimum absolute atomic E-state index is 0.0289. The Bertz CT molecular complexity index is 1860. The minimum Gasteiger partial charge on any atom is -0.495 e. The number of fused-ring (bicyclic) bond motifs is 1. The van der Waals surface area contributed by atoms with E-state index in [1.165, 1.54) is 49.0 Å². The second-order valence-corrected chi connectivity index (χ2v) is 11.7. The zero-order chi connectivity index (χ0) is 30.2. The number of sulfonamides is 1. The standard InChI is InChI=1S/C33H28ClN3O5S/c1-41-32-18-15-28(20-31(32)34)37(43(39,40)30-9-3-2-4-10-30)22-33(38)36-35-21-24-12-16-29(17-13-24)42-23-25-11-14-26-7-5-6-8-27(26)19-25/h2-21H,22-23H2,1H3,(H,36,38)/b35-21+. The number of nitrogens with zero attached hydrogens (tertiary/aromatic N) is 2. The first-order valence-corrected chi connectivity index (χ1v) is 15.1. The fraction of sp³-hybridized carbons (Fsp3) is 0.0909. The first-order chi connectivity index (χ1) is 20.8. The lowest BCUT2D eigenvalue weighted by atomic mass is 10.1. The molecule has 0 aliphatic carbocycles. The van der Waals surface area contributed by atoms with Crippen molar-refractivity contribution in [3.05, 3.63) is 131 Å². The topological polar surface area (TPSA) is 97.3 Å². The minimum atomic E-state index is -4.10. The average Bonchev–Trinajstić information content (AvgIpc) is 3.03. The predicted molar refractivity (Wildman–Crippen MR) is 169 cm³/mol. The van der Waals surface area contributed by atoms with Gasteiger partial charge in [0.15, 0.2) is 0 Å². The van der Waals surface area contributed by atoms with Gasteiger partial charge < -0.3 is 9.47 Å². The van der Waals surface area contributed by atoms with Crippen LogP contribution in [0.4, 0.5) is 5.69 Å². The Labute approximate surface area is 255 Å². The van der Waals surface area contributed by atoms with E-state index in [-0.39, 0.29) is 15.6 Å². The molecule has 5 rings (SSSR count). The number of ether oxygens (including phenoxy) is 2. The normalized spacial score (nSPS) is 11.4. The van der Waals surface area contributed by atoms with E-state index in [1.54, 1.807) is 30.3 Å².